The molecule has 0 amide bonds. The lowest BCUT2D eigenvalue weighted by Crippen LogP contribution is -2.71. The normalized spacial score (nSPS) is 44.8. The molecule has 15 atom stereocenters. The van der Waals surface area contributed by atoms with E-state index in [-0.39, 0.29) is 12.0 Å². The van der Waals surface area contributed by atoms with Crippen molar-refractivity contribution in [2.24, 2.45) is 17.2 Å². The van der Waals surface area contributed by atoms with Crippen LogP contribution in [0.4, 0.5) is 0 Å². The van der Waals surface area contributed by atoms with Crippen LogP contribution in [0.2, 0.25) is 0 Å². The van der Waals surface area contributed by atoms with Crippen LogP contribution in [-0.2, 0) is 30.1 Å². The third-order valence-electron chi connectivity index (χ3n) is 8.30. The van der Waals surface area contributed by atoms with Gasteiger partial charge in [0.2, 0.25) is 0 Å². The highest BCUT2D eigenvalue weighted by Gasteiger charge is 2.56. The van der Waals surface area contributed by atoms with Gasteiger partial charge in [0.25, 0.3) is 0 Å². The fourth-order valence-electron chi connectivity index (χ4n) is 5.58. The van der Waals surface area contributed by atoms with E-state index in [1.807, 2.05) is 0 Å². The highest BCUT2D eigenvalue weighted by Crippen LogP contribution is 2.36. The number of nitrogens with two attached hydrogens (primary N) is 3. The van der Waals surface area contributed by atoms with Crippen molar-refractivity contribution in [2.75, 3.05) is 19.8 Å². The predicted molar refractivity (Wildman–Crippen MR) is 143 cm³/mol. The molecule has 1 aromatic rings. The van der Waals surface area contributed by atoms with Crippen molar-refractivity contribution >= 4 is 5.97 Å². The average Bonchev–Trinajstić information content (AvgIpc) is 3.01. The molecule has 3 heterocycles. The van der Waals surface area contributed by atoms with Crippen LogP contribution in [0, 0.1) is 0 Å². The van der Waals surface area contributed by atoms with E-state index >= 15 is 0 Å². The molecule has 0 saturated carbocycles. The van der Waals surface area contributed by atoms with Crippen LogP contribution >= 0.6 is 0 Å². The first kappa shape index (κ1) is 34.9. The van der Waals surface area contributed by atoms with Gasteiger partial charge in [-0.25, -0.2) is 4.79 Å². The Balaban J connectivity index is 1.51. The van der Waals surface area contributed by atoms with Crippen molar-refractivity contribution < 1.29 is 74.4 Å². The van der Waals surface area contributed by atoms with Crippen LogP contribution in [0.15, 0.2) is 24.3 Å². The summed E-state index contributed by atoms with van der Waals surface area (Å²) in [7, 11) is 0. The van der Waals surface area contributed by atoms with Crippen LogP contribution in [0.5, 0.6) is 0 Å². The number of ether oxygens (including phenoxy) is 5. The summed E-state index contributed by atoms with van der Waals surface area (Å²) in [5.41, 5.74) is 16.5. The van der Waals surface area contributed by atoms with Gasteiger partial charge in [0, 0.05) is 6.42 Å². The maximum atomic E-state index is 11.2. The number of benzene rings is 1. The Morgan fingerprint density at radius 1 is 0.773 bits per heavy atom. The first-order valence-corrected chi connectivity index (χ1v) is 13.9. The number of aliphatic hydroxyl groups excluding tert-OH is 8. The van der Waals surface area contributed by atoms with Crippen LogP contribution in [0.25, 0.3) is 0 Å². The maximum Gasteiger partial charge on any atom is 0.335 e. The molecule has 15 N–H and O–H groups in total. The average molecular weight is 636 g/mol. The minimum absolute atomic E-state index is 0.00188. The molecule has 0 bridgehead atoms. The quantitative estimate of drug-likeness (QED) is 0.114. The lowest BCUT2D eigenvalue weighted by Gasteiger charge is -2.51. The van der Waals surface area contributed by atoms with Crippen molar-refractivity contribution in [3.63, 3.8) is 0 Å². The molecule has 1 aromatic carbocycles. The van der Waals surface area contributed by atoms with E-state index < -0.39 is 117 Å². The Hall–Kier alpha value is -1.95. The fraction of sp³-hybridized carbons (Fsp3) is 0.731. The van der Waals surface area contributed by atoms with Crippen LogP contribution < -0.4 is 17.2 Å². The molecular weight excluding hydrogens is 594 g/mol. The third kappa shape index (κ3) is 6.76. The summed E-state index contributed by atoms with van der Waals surface area (Å²) < 4.78 is 28.4. The topological polar surface area (TPSA) is 323 Å². The summed E-state index contributed by atoms with van der Waals surface area (Å²) in [6.45, 7) is -2.30. The lowest BCUT2D eigenvalue weighted by molar-refractivity contribution is -0.360. The Morgan fingerprint density at radius 3 is 1.84 bits per heavy atom. The number of carboxylic acids is 1. The minimum Gasteiger partial charge on any atom is -0.478 e. The van der Waals surface area contributed by atoms with Crippen molar-refractivity contribution in [3.05, 3.63) is 35.4 Å². The zero-order valence-electron chi connectivity index (χ0n) is 23.4. The Bertz CT molecular complexity index is 1100. The summed E-state index contributed by atoms with van der Waals surface area (Å²) in [5, 5.41) is 92.4. The summed E-state index contributed by atoms with van der Waals surface area (Å²) >= 11 is 0. The van der Waals surface area contributed by atoms with E-state index in [9.17, 15) is 45.6 Å². The second-order valence-corrected chi connectivity index (χ2v) is 11.2. The number of hydrogen-bond donors (Lipinski definition) is 12. The van der Waals surface area contributed by atoms with Crippen LogP contribution in [-0.4, -0.2) is 163 Å². The molecule has 250 valence electrons. The van der Waals surface area contributed by atoms with Gasteiger partial charge in [0.05, 0.1) is 43.5 Å². The van der Waals surface area contributed by atoms with Crippen molar-refractivity contribution in [3.8, 4) is 0 Å². The molecule has 3 saturated heterocycles. The van der Waals surface area contributed by atoms with E-state index in [2.05, 4.69) is 0 Å². The smallest absolute Gasteiger partial charge is 0.335 e. The van der Waals surface area contributed by atoms with Crippen molar-refractivity contribution in [2.45, 2.75) is 97.8 Å². The largest absolute Gasteiger partial charge is 0.478 e. The van der Waals surface area contributed by atoms with E-state index in [1.54, 1.807) is 0 Å². The number of aromatic carboxylic acids is 1. The Morgan fingerprint density at radius 2 is 1.30 bits per heavy atom. The molecule has 0 spiro atoms. The van der Waals surface area contributed by atoms with Gasteiger partial charge in [-0.05, 0) is 17.7 Å². The first-order valence-electron chi connectivity index (χ1n) is 13.9. The summed E-state index contributed by atoms with van der Waals surface area (Å²) in [5.74, 6) is -1.16. The molecule has 3 aliphatic heterocycles. The number of carbonyl (C=O) groups is 1. The van der Waals surface area contributed by atoms with Crippen molar-refractivity contribution in [1.29, 1.82) is 0 Å². The third-order valence-corrected chi connectivity index (χ3v) is 8.30. The van der Waals surface area contributed by atoms with Gasteiger partial charge in [-0.15, -0.1) is 0 Å². The maximum absolute atomic E-state index is 11.2. The molecule has 3 fully saturated rings. The molecule has 2 unspecified atom stereocenters. The Kier molecular flexibility index (Phi) is 11.3. The standard InChI is InChI=1S/C26H41N3O15/c27-13-16(33)19(11(6-30)40-23(13)39)42-24-14(28)17(34)20(12(7-31)41-24)43-25-15(29)18(35)21(36)26(8-32,44-25)5-9-1-3-10(4-2-9)22(37)38/h1-4,11-21,23-25,30-36,39H,5-8,27-29H2,(H,37,38)/t11-,12-,13-,14-,15-,16-,17-,18-,19?,20?,21+,23-,24+,25+,26-/m1/s1. The predicted octanol–water partition coefficient (Wildman–Crippen LogP) is -6.36. The van der Waals surface area contributed by atoms with Gasteiger partial charge < -0.3 is 86.8 Å². The van der Waals surface area contributed by atoms with Crippen LogP contribution in [0.1, 0.15) is 15.9 Å². The van der Waals surface area contributed by atoms with E-state index in [1.165, 1.54) is 24.3 Å². The van der Waals surface area contributed by atoms with Gasteiger partial charge in [-0.3, -0.25) is 0 Å². The molecule has 44 heavy (non-hydrogen) atoms. The highest BCUT2D eigenvalue weighted by molar-refractivity contribution is 5.87. The second kappa shape index (κ2) is 14.2. The number of aliphatic hydroxyl groups is 8. The molecule has 0 aromatic heterocycles. The van der Waals surface area contributed by atoms with Crippen molar-refractivity contribution in [1.82, 2.24) is 0 Å². The molecular formula is C26H41N3O15. The van der Waals surface area contributed by atoms with Gasteiger partial charge in [-0.1, -0.05) is 12.1 Å². The number of hydrogen-bond acceptors (Lipinski definition) is 17. The van der Waals surface area contributed by atoms with Gasteiger partial charge >= 0.3 is 5.97 Å². The second-order valence-electron chi connectivity index (χ2n) is 11.2. The molecule has 18 heteroatoms. The number of carboxylic acid groups (broad SMARTS) is 1. The molecule has 18 nitrogen and oxygen atoms in total. The summed E-state index contributed by atoms with van der Waals surface area (Å²) in [6, 6.07) is 1.35. The molecule has 0 aliphatic carbocycles. The van der Waals surface area contributed by atoms with Crippen LogP contribution in [0.3, 0.4) is 0 Å². The van der Waals surface area contributed by atoms with Gasteiger partial charge in [-0.2, -0.15) is 0 Å². The molecule has 0 radical (unpaired) electrons. The number of rotatable bonds is 10. The fourth-order valence-corrected chi connectivity index (χ4v) is 5.58. The zero-order chi connectivity index (χ0) is 32.5. The summed E-state index contributed by atoms with van der Waals surface area (Å²) in [6.07, 6.45) is -17.0. The monoisotopic (exact) mass is 635 g/mol. The minimum atomic E-state index is -1.90. The van der Waals surface area contributed by atoms with Gasteiger partial charge in [0.1, 0.15) is 54.4 Å². The van der Waals surface area contributed by atoms with Gasteiger partial charge in [0.15, 0.2) is 18.9 Å². The summed E-state index contributed by atoms with van der Waals surface area (Å²) in [4.78, 5) is 11.2. The lowest BCUT2D eigenvalue weighted by atomic mass is 9.81. The SMILES string of the molecule is N[C@H]1[C@@H](OC2[C@@H](CO)O[C@@H](OC3[C@@H](CO)O[C@@H](O)[C@H](N)[C@H]3O)[C@H](N)[C@H]2O)O[C@@](CO)(Cc2ccc(C(=O)O)cc2)[C@@H](O)[C@@H]1O. The molecule has 3 aliphatic rings. The highest BCUT2D eigenvalue weighted by atomic mass is 16.7. The first-order chi connectivity index (χ1) is 20.8. The van der Waals surface area contributed by atoms with E-state index in [0.29, 0.717) is 5.56 Å². The zero-order valence-corrected chi connectivity index (χ0v) is 23.4. The Labute approximate surface area is 251 Å². The van der Waals surface area contributed by atoms with E-state index in [4.69, 9.17) is 46.0 Å². The van der Waals surface area contributed by atoms with E-state index in [0.717, 1.165) is 0 Å². The molecule has 4 rings (SSSR count).